The van der Waals surface area contributed by atoms with E-state index < -0.39 is 24.1 Å². The van der Waals surface area contributed by atoms with Crippen molar-refractivity contribution in [2.24, 2.45) is 5.10 Å². The van der Waals surface area contributed by atoms with E-state index in [9.17, 15) is 17.6 Å². The molecule has 0 unspecified atom stereocenters. The molecule has 1 radical (unpaired) electrons. The smallest absolute Gasteiger partial charge is 0.254 e. The summed E-state index contributed by atoms with van der Waals surface area (Å²) in [6, 6.07) is 3.25. The van der Waals surface area contributed by atoms with Crippen LogP contribution >= 0.6 is 0 Å². The van der Waals surface area contributed by atoms with Gasteiger partial charge in [-0.15, -0.1) is 10.5 Å². The van der Waals surface area contributed by atoms with Gasteiger partial charge in [-0.2, -0.15) is 0 Å². The van der Waals surface area contributed by atoms with E-state index in [1.807, 2.05) is 0 Å². The topological polar surface area (TPSA) is 39.4 Å². The largest absolute Gasteiger partial charge is 0.282 e. The Bertz CT molecular complexity index is 523. The van der Waals surface area contributed by atoms with Crippen LogP contribution in [0, 0.1) is 6.92 Å². The highest BCUT2D eigenvalue weighted by Crippen LogP contribution is 2.27. The van der Waals surface area contributed by atoms with Gasteiger partial charge in [-0.1, -0.05) is 6.07 Å². The fourth-order valence-electron chi connectivity index (χ4n) is 1.62. The van der Waals surface area contributed by atoms with E-state index in [-0.39, 0.29) is 11.4 Å². The third-order valence-electron chi connectivity index (χ3n) is 2.45. The molecule has 0 fully saturated rings. The lowest BCUT2D eigenvalue weighted by Gasteiger charge is -2.08. The van der Waals surface area contributed by atoms with Crippen molar-refractivity contribution in [2.45, 2.75) is 19.8 Å². The summed E-state index contributed by atoms with van der Waals surface area (Å²) in [5.41, 5.74) is 1.75. The van der Waals surface area contributed by atoms with E-state index in [1.54, 1.807) is 19.1 Å². The second kappa shape index (κ2) is 4.75. The van der Waals surface area contributed by atoms with Crippen LogP contribution in [0.5, 0.6) is 0 Å². The summed E-state index contributed by atoms with van der Waals surface area (Å²) in [6.45, 7) is 1.63. The SMILES string of the molecule is Cc1cccnc1C1=N[N]C(C(F)F)=C1C(F)F. The van der Waals surface area contributed by atoms with Crippen LogP contribution in [-0.4, -0.2) is 23.5 Å². The third-order valence-corrected chi connectivity index (χ3v) is 2.45. The van der Waals surface area contributed by atoms with Gasteiger partial charge in [-0.3, -0.25) is 4.98 Å². The minimum Gasteiger partial charge on any atom is -0.254 e. The average molecular weight is 258 g/mol. The van der Waals surface area contributed by atoms with E-state index in [4.69, 9.17) is 0 Å². The zero-order valence-corrected chi connectivity index (χ0v) is 9.24. The standard InChI is InChI=1S/C11H8F4N3/c1-5-3-2-4-16-7(5)8-6(10(12)13)9(11(14)15)18-17-8/h2-4,10-11H,1H3. The lowest BCUT2D eigenvalue weighted by molar-refractivity contribution is 0.163. The third kappa shape index (κ3) is 2.07. The predicted octanol–water partition coefficient (Wildman–Crippen LogP) is 2.50. The van der Waals surface area contributed by atoms with Gasteiger partial charge in [-0.05, 0) is 18.6 Å². The molecule has 0 saturated heterocycles. The highest BCUT2D eigenvalue weighted by atomic mass is 19.3. The molecule has 3 nitrogen and oxygen atoms in total. The highest BCUT2D eigenvalue weighted by molar-refractivity contribution is 6.14. The first kappa shape index (κ1) is 12.5. The normalized spacial score (nSPS) is 15.4. The van der Waals surface area contributed by atoms with Gasteiger partial charge >= 0.3 is 0 Å². The number of aryl methyl sites for hydroxylation is 1. The van der Waals surface area contributed by atoms with E-state index >= 15 is 0 Å². The fraction of sp³-hybridized carbons (Fsp3) is 0.273. The zero-order valence-electron chi connectivity index (χ0n) is 9.24. The predicted molar refractivity (Wildman–Crippen MR) is 56.7 cm³/mol. The van der Waals surface area contributed by atoms with Crippen LogP contribution in [0.1, 0.15) is 11.3 Å². The van der Waals surface area contributed by atoms with Crippen LogP contribution in [0.3, 0.4) is 0 Å². The number of alkyl halides is 4. The molecule has 0 atom stereocenters. The summed E-state index contributed by atoms with van der Waals surface area (Å²) in [5.74, 6) is 0. The zero-order chi connectivity index (χ0) is 13.3. The summed E-state index contributed by atoms with van der Waals surface area (Å²) in [7, 11) is 0. The van der Waals surface area contributed by atoms with Crippen molar-refractivity contribution in [2.75, 3.05) is 0 Å². The Morgan fingerprint density at radius 3 is 2.39 bits per heavy atom. The van der Waals surface area contributed by atoms with E-state index in [0.29, 0.717) is 5.56 Å². The summed E-state index contributed by atoms with van der Waals surface area (Å²) in [4.78, 5) is 3.88. The second-order valence-electron chi connectivity index (χ2n) is 3.62. The van der Waals surface area contributed by atoms with Crippen LogP contribution in [0.25, 0.3) is 0 Å². The summed E-state index contributed by atoms with van der Waals surface area (Å²) < 4.78 is 50.8. The Balaban J connectivity index is 2.50. The summed E-state index contributed by atoms with van der Waals surface area (Å²) >= 11 is 0. The minimum absolute atomic E-state index is 0.146. The van der Waals surface area contributed by atoms with E-state index in [0.717, 1.165) is 0 Å². The minimum atomic E-state index is -3.08. The number of nitrogens with zero attached hydrogens (tertiary/aromatic N) is 3. The van der Waals surface area contributed by atoms with Crippen molar-refractivity contribution >= 4 is 5.71 Å². The molecule has 1 aromatic rings. The molecule has 0 spiro atoms. The Labute approximate surface area is 100 Å². The van der Waals surface area contributed by atoms with Crippen molar-refractivity contribution in [1.29, 1.82) is 0 Å². The van der Waals surface area contributed by atoms with Crippen molar-refractivity contribution in [3.63, 3.8) is 0 Å². The first-order chi connectivity index (χ1) is 8.52. The Morgan fingerprint density at radius 2 is 1.83 bits per heavy atom. The molecule has 18 heavy (non-hydrogen) atoms. The first-order valence-corrected chi connectivity index (χ1v) is 5.03. The number of pyridine rings is 1. The molecule has 0 aliphatic carbocycles. The second-order valence-corrected chi connectivity index (χ2v) is 3.62. The Hall–Kier alpha value is -1.92. The molecule has 0 N–H and O–H groups in total. The maximum absolute atomic E-state index is 12.9. The highest BCUT2D eigenvalue weighted by Gasteiger charge is 2.35. The number of allylic oxidation sites excluding steroid dienone is 2. The van der Waals surface area contributed by atoms with Gasteiger partial charge in [0.15, 0.2) is 0 Å². The molecule has 0 bridgehead atoms. The lowest BCUT2D eigenvalue weighted by atomic mass is 10.0. The number of rotatable bonds is 3. The molecular weight excluding hydrogens is 250 g/mol. The number of halogens is 4. The van der Waals surface area contributed by atoms with Crippen molar-refractivity contribution < 1.29 is 17.6 Å². The molecular formula is C11H8F4N3. The molecule has 2 heterocycles. The lowest BCUT2D eigenvalue weighted by Crippen LogP contribution is -2.16. The monoisotopic (exact) mass is 258 g/mol. The van der Waals surface area contributed by atoms with Crippen LogP contribution in [-0.2, 0) is 0 Å². The molecule has 95 valence electrons. The molecule has 0 aromatic carbocycles. The van der Waals surface area contributed by atoms with Crippen LogP contribution < -0.4 is 5.43 Å². The van der Waals surface area contributed by atoms with Crippen LogP contribution in [0.4, 0.5) is 17.6 Å². The number of hydrogen-bond donors (Lipinski definition) is 0. The van der Waals surface area contributed by atoms with Gasteiger partial charge in [0, 0.05) is 6.20 Å². The Kier molecular flexibility index (Phi) is 3.31. The molecule has 1 aliphatic rings. The average Bonchev–Trinajstić information content (AvgIpc) is 2.74. The van der Waals surface area contributed by atoms with E-state index in [1.165, 1.54) is 6.20 Å². The quantitative estimate of drug-likeness (QED) is 0.768. The summed E-state index contributed by atoms with van der Waals surface area (Å²) in [5, 5.41) is 3.42. The van der Waals surface area contributed by atoms with Crippen molar-refractivity contribution in [3.05, 3.63) is 40.9 Å². The molecule has 1 aliphatic heterocycles. The molecule has 0 saturated carbocycles. The van der Waals surface area contributed by atoms with Crippen molar-refractivity contribution in [3.8, 4) is 0 Å². The number of aromatic nitrogens is 1. The fourth-order valence-corrected chi connectivity index (χ4v) is 1.62. The van der Waals surface area contributed by atoms with Crippen LogP contribution in [0.15, 0.2) is 34.7 Å². The maximum Gasteiger partial charge on any atom is 0.282 e. The van der Waals surface area contributed by atoms with Crippen LogP contribution in [0.2, 0.25) is 0 Å². The van der Waals surface area contributed by atoms with Gasteiger partial charge in [0.1, 0.15) is 11.4 Å². The van der Waals surface area contributed by atoms with Gasteiger partial charge in [0.25, 0.3) is 12.9 Å². The molecule has 1 aromatic heterocycles. The summed E-state index contributed by atoms with van der Waals surface area (Å²) in [6.07, 6.45) is -4.77. The van der Waals surface area contributed by atoms with Gasteiger partial charge < -0.3 is 0 Å². The first-order valence-electron chi connectivity index (χ1n) is 5.03. The molecule has 2 rings (SSSR count). The van der Waals surface area contributed by atoms with Gasteiger partial charge in [-0.25, -0.2) is 17.6 Å². The van der Waals surface area contributed by atoms with Gasteiger partial charge in [0.2, 0.25) is 0 Å². The Morgan fingerprint density at radius 1 is 1.11 bits per heavy atom. The maximum atomic E-state index is 12.9. The molecule has 7 heteroatoms. The van der Waals surface area contributed by atoms with Crippen molar-refractivity contribution in [1.82, 2.24) is 10.4 Å². The van der Waals surface area contributed by atoms with Gasteiger partial charge in [0.05, 0.1) is 11.3 Å². The van der Waals surface area contributed by atoms with E-state index in [2.05, 4.69) is 15.5 Å². The molecule has 0 amide bonds. The number of hydrogen-bond acceptors (Lipinski definition) is 2.